The van der Waals surface area contributed by atoms with Crippen LogP contribution in [0, 0.1) is 10.1 Å². The van der Waals surface area contributed by atoms with Gasteiger partial charge < -0.3 is 0 Å². The molecule has 0 rings (SSSR count). The highest BCUT2D eigenvalue weighted by Crippen LogP contribution is 1.94. The number of rotatable bonds is 3. The van der Waals surface area contributed by atoms with Crippen LogP contribution in [-0.2, 0) is 0 Å². The first-order valence-electron chi connectivity index (χ1n) is 2.32. The molecule has 3 heteroatoms. The summed E-state index contributed by atoms with van der Waals surface area (Å²) in [7, 11) is 0. The number of allylic oxidation sites excluding steroid dienone is 3. The average Bonchev–Trinajstić information content (AvgIpc) is 1.82. The summed E-state index contributed by atoms with van der Waals surface area (Å²) in [4.78, 5) is 9.42. The second kappa shape index (κ2) is 3.60. The molecule has 0 bridgehead atoms. The van der Waals surface area contributed by atoms with Gasteiger partial charge in [-0.15, -0.1) is 0 Å². The van der Waals surface area contributed by atoms with E-state index in [9.17, 15) is 10.1 Å². The summed E-state index contributed by atoms with van der Waals surface area (Å²) >= 11 is 0. The Balaban J connectivity index is 4.32. The van der Waals surface area contributed by atoms with Gasteiger partial charge in [-0.25, -0.2) is 0 Å². The normalized spacial score (nSPS) is 10.4. The first-order chi connectivity index (χ1) is 4.22. The van der Waals surface area contributed by atoms with Crippen molar-refractivity contribution in [3.05, 3.63) is 47.2 Å². The largest absolute Gasteiger partial charge is 0.268 e. The number of nitro groups is 1. The minimum absolute atomic E-state index is 0.0370. The molecule has 0 saturated carbocycles. The molecule has 48 valence electrons. The maximum absolute atomic E-state index is 9.94. The van der Waals surface area contributed by atoms with E-state index >= 15 is 0 Å². The van der Waals surface area contributed by atoms with E-state index in [0.29, 0.717) is 0 Å². The molecule has 0 aromatic rings. The van der Waals surface area contributed by atoms with Crippen LogP contribution >= 0.6 is 0 Å². The van der Waals surface area contributed by atoms with E-state index in [1.807, 2.05) is 0 Å². The van der Waals surface area contributed by atoms with Crippen LogP contribution < -0.4 is 0 Å². The zero-order valence-electron chi connectivity index (χ0n) is 4.91. The van der Waals surface area contributed by atoms with Crippen molar-refractivity contribution < 1.29 is 4.92 Å². The highest BCUT2D eigenvalue weighted by atomic mass is 16.6. The molecule has 0 fully saturated rings. The summed E-state index contributed by atoms with van der Waals surface area (Å²) in [5.74, 6) is 0. The summed E-state index contributed by atoms with van der Waals surface area (Å²) < 4.78 is 0. The second-order valence-corrected chi connectivity index (χ2v) is 1.29. The van der Waals surface area contributed by atoms with Gasteiger partial charge in [-0.1, -0.05) is 19.2 Å². The summed E-state index contributed by atoms with van der Waals surface area (Å²) in [6, 6.07) is 0. The SMILES string of the molecule is C=CC=C(C=C)[N+](=O)[O-]. The van der Waals surface area contributed by atoms with Crippen LogP contribution in [0.3, 0.4) is 0 Å². The fourth-order valence-corrected chi connectivity index (χ4v) is 0.324. The molecule has 0 spiro atoms. The molecule has 0 N–H and O–H groups in total. The van der Waals surface area contributed by atoms with Crippen molar-refractivity contribution in [3.63, 3.8) is 0 Å². The van der Waals surface area contributed by atoms with E-state index in [-0.39, 0.29) is 5.70 Å². The zero-order valence-corrected chi connectivity index (χ0v) is 4.91. The molecule has 0 radical (unpaired) electrons. The predicted molar refractivity (Wildman–Crippen MR) is 35.5 cm³/mol. The van der Waals surface area contributed by atoms with E-state index in [2.05, 4.69) is 13.2 Å². The standard InChI is InChI=1S/C6H7NO2/c1-3-5-6(4-2)7(8)9/h3-5H,1-2H2. The monoisotopic (exact) mass is 125 g/mol. The van der Waals surface area contributed by atoms with Crippen molar-refractivity contribution >= 4 is 0 Å². The lowest BCUT2D eigenvalue weighted by Crippen LogP contribution is -1.93. The van der Waals surface area contributed by atoms with Gasteiger partial charge in [0.15, 0.2) is 0 Å². The van der Waals surface area contributed by atoms with E-state index < -0.39 is 4.92 Å². The summed E-state index contributed by atoms with van der Waals surface area (Å²) in [6.07, 6.45) is 3.80. The average molecular weight is 125 g/mol. The van der Waals surface area contributed by atoms with Crippen molar-refractivity contribution in [3.8, 4) is 0 Å². The molecule has 0 aromatic heterocycles. The van der Waals surface area contributed by atoms with Crippen LogP contribution in [-0.4, -0.2) is 4.92 Å². The summed E-state index contributed by atoms with van der Waals surface area (Å²) in [5, 5.41) is 9.94. The first-order valence-corrected chi connectivity index (χ1v) is 2.32. The summed E-state index contributed by atoms with van der Waals surface area (Å²) in [6.45, 7) is 6.55. The van der Waals surface area contributed by atoms with Crippen LogP contribution in [0.15, 0.2) is 37.1 Å². The highest BCUT2D eigenvalue weighted by Gasteiger charge is 1.99. The highest BCUT2D eigenvalue weighted by molar-refractivity contribution is 5.13. The molecule has 0 saturated heterocycles. The van der Waals surface area contributed by atoms with Crippen LogP contribution in [0.25, 0.3) is 0 Å². The Morgan fingerprint density at radius 1 is 1.56 bits per heavy atom. The van der Waals surface area contributed by atoms with Crippen LogP contribution in [0.5, 0.6) is 0 Å². The third-order valence-electron chi connectivity index (χ3n) is 0.709. The van der Waals surface area contributed by atoms with Gasteiger partial charge >= 0.3 is 0 Å². The molecule has 0 aliphatic rings. The van der Waals surface area contributed by atoms with Gasteiger partial charge in [0, 0.05) is 12.2 Å². The molecule has 3 nitrogen and oxygen atoms in total. The molecule has 9 heavy (non-hydrogen) atoms. The van der Waals surface area contributed by atoms with Gasteiger partial charge in [-0.05, 0) is 0 Å². The van der Waals surface area contributed by atoms with Crippen LogP contribution in [0.1, 0.15) is 0 Å². The third kappa shape index (κ3) is 2.43. The van der Waals surface area contributed by atoms with Crippen molar-refractivity contribution in [1.29, 1.82) is 0 Å². The lowest BCUT2D eigenvalue weighted by atomic mass is 10.4. The lowest BCUT2D eigenvalue weighted by molar-refractivity contribution is -0.418. The van der Waals surface area contributed by atoms with Gasteiger partial charge in [-0.3, -0.25) is 10.1 Å². The Bertz CT molecular complexity index is 170. The molecular weight excluding hydrogens is 118 g/mol. The summed E-state index contributed by atoms with van der Waals surface area (Å²) in [5.41, 5.74) is -0.0370. The fourth-order valence-electron chi connectivity index (χ4n) is 0.324. The maximum atomic E-state index is 9.94. The Labute approximate surface area is 53.1 Å². The van der Waals surface area contributed by atoms with Gasteiger partial charge in [-0.2, -0.15) is 0 Å². The van der Waals surface area contributed by atoms with Gasteiger partial charge in [0.2, 0.25) is 0 Å². The van der Waals surface area contributed by atoms with Crippen LogP contribution in [0.2, 0.25) is 0 Å². The molecule has 0 aliphatic heterocycles. The topological polar surface area (TPSA) is 43.1 Å². The fraction of sp³-hybridized carbons (Fsp3) is 0. The van der Waals surface area contributed by atoms with Crippen molar-refractivity contribution in [2.75, 3.05) is 0 Å². The zero-order chi connectivity index (χ0) is 7.28. The molecule has 0 amide bonds. The predicted octanol–water partition coefficient (Wildman–Crippen LogP) is 1.52. The van der Waals surface area contributed by atoms with Gasteiger partial charge in [0.05, 0.1) is 4.92 Å². The second-order valence-electron chi connectivity index (χ2n) is 1.29. The quantitative estimate of drug-likeness (QED) is 0.326. The third-order valence-corrected chi connectivity index (χ3v) is 0.709. The van der Waals surface area contributed by atoms with E-state index in [1.54, 1.807) is 0 Å². The molecule has 0 unspecified atom stereocenters. The number of nitrogens with zero attached hydrogens (tertiary/aromatic N) is 1. The molecular formula is C6H7NO2. The van der Waals surface area contributed by atoms with Gasteiger partial charge in [0.25, 0.3) is 5.70 Å². The minimum Gasteiger partial charge on any atom is -0.258 e. The van der Waals surface area contributed by atoms with E-state index in [1.165, 1.54) is 18.2 Å². The Hall–Kier alpha value is -1.38. The molecule has 0 aromatic carbocycles. The number of hydrogen-bond donors (Lipinski definition) is 0. The number of hydrogen-bond acceptors (Lipinski definition) is 2. The molecule has 0 aliphatic carbocycles. The first kappa shape index (κ1) is 7.62. The smallest absolute Gasteiger partial charge is 0.258 e. The van der Waals surface area contributed by atoms with Crippen LogP contribution in [0.4, 0.5) is 0 Å². The van der Waals surface area contributed by atoms with E-state index in [4.69, 9.17) is 0 Å². The lowest BCUT2D eigenvalue weighted by Gasteiger charge is -1.84. The minimum atomic E-state index is -0.519. The Morgan fingerprint density at radius 2 is 2.11 bits per heavy atom. The maximum Gasteiger partial charge on any atom is 0.268 e. The van der Waals surface area contributed by atoms with E-state index in [0.717, 1.165) is 0 Å². The van der Waals surface area contributed by atoms with Crippen molar-refractivity contribution in [2.45, 2.75) is 0 Å². The molecule has 0 atom stereocenters. The van der Waals surface area contributed by atoms with Crippen molar-refractivity contribution in [2.24, 2.45) is 0 Å². The van der Waals surface area contributed by atoms with Gasteiger partial charge in [0.1, 0.15) is 0 Å². The van der Waals surface area contributed by atoms with Crippen molar-refractivity contribution in [1.82, 2.24) is 0 Å². The Kier molecular flexibility index (Phi) is 3.05. The molecule has 0 heterocycles. The Morgan fingerprint density at radius 3 is 2.22 bits per heavy atom.